The highest BCUT2D eigenvalue weighted by atomic mass is 16.1. The van der Waals surface area contributed by atoms with Crippen LogP contribution in [-0.4, -0.2) is 29.1 Å². The van der Waals surface area contributed by atoms with E-state index in [0.29, 0.717) is 5.69 Å². The Morgan fingerprint density at radius 2 is 1.67 bits per heavy atom. The number of hydrogen-bond donors (Lipinski definition) is 1. The van der Waals surface area contributed by atoms with Gasteiger partial charge in [0.1, 0.15) is 0 Å². The molecule has 2 heterocycles. The summed E-state index contributed by atoms with van der Waals surface area (Å²) in [5.41, 5.74) is 6.40. The third-order valence-corrected chi connectivity index (χ3v) is 3.61. The van der Waals surface area contributed by atoms with E-state index >= 15 is 0 Å². The zero-order valence-electron chi connectivity index (χ0n) is 11.0. The maximum atomic E-state index is 11.7. The summed E-state index contributed by atoms with van der Waals surface area (Å²) in [6, 6.07) is 3.21. The molecule has 0 atom stereocenters. The second kappa shape index (κ2) is 6.59. The summed E-state index contributed by atoms with van der Waals surface area (Å²) in [6.45, 7) is 4.02. The number of nitrogens with two attached hydrogens (primary N) is 1. The normalized spacial score (nSPS) is 18.2. The maximum absolute atomic E-state index is 11.7. The van der Waals surface area contributed by atoms with Gasteiger partial charge in [-0.2, -0.15) is 0 Å². The van der Waals surface area contributed by atoms with Gasteiger partial charge in [0.25, 0.3) is 5.56 Å². The minimum atomic E-state index is 0.0382. The number of nitrogen functional groups attached to an aromatic ring is 1. The van der Waals surface area contributed by atoms with E-state index in [4.69, 9.17) is 5.73 Å². The first-order chi connectivity index (χ1) is 8.75. The summed E-state index contributed by atoms with van der Waals surface area (Å²) < 4.78 is 1.72. The first-order valence-corrected chi connectivity index (χ1v) is 6.94. The van der Waals surface area contributed by atoms with Crippen molar-refractivity contribution in [3.8, 4) is 0 Å². The topological polar surface area (TPSA) is 51.3 Å². The molecule has 100 valence electrons. The van der Waals surface area contributed by atoms with Crippen molar-refractivity contribution >= 4 is 5.69 Å². The monoisotopic (exact) mass is 249 g/mol. The molecule has 0 saturated carbocycles. The van der Waals surface area contributed by atoms with Crippen molar-refractivity contribution in [2.45, 2.75) is 38.6 Å². The predicted octanol–water partition coefficient (Wildman–Crippen LogP) is 1.70. The van der Waals surface area contributed by atoms with Crippen LogP contribution in [-0.2, 0) is 6.54 Å². The molecular formula is C14H23N3O. The zero-order chi connectivity index (χ0) is 12.8. The predicted molar refractivity (Wildman–Crippen MR) is 74.6 cm³/mol. The van der Waals surface area contributed by atoms with Crippen LogP contribution < -0.4 is 11.3 Å². The summed E-state index contributed by atoms with van der Waals surface area (Å²) in [6.07, 6.45) is 8.37. The molecule has 4 heteroatoms. The van der Waals surface area contributed by atoms with E-state index in [1.54, 1.807) is 22.9 Å². The van der Waals surface area contributed by atoms with Gasteiger partial charge in [0, 0.05) is 31.0 Å². The van der Waals surface area contributed by atoms with Gasteiger partial charge in [0.05, 0.1) is 0 Å². The first kappa shape index (κ1) is 13.1. The Morgan fingerprint density at radius 1 is 1.00 bits per heavy atom. The second-order valence-electron chi connectivity index (χ2n) is 5.10. The van der Waals surface area contributed by atoms with Crippen molar-refractivity contribution in [3.63, 3.8) is 0 Å². The molecule has 0 aromatic carbocycles. The van der Waals surface area contributed by atoms with Crippen LogP contribution in [0.4, 0.5) is 5.69 Å². The van der Waals surface area contributed by atoms with Crippen molar-refractivity contribution in [3.05, 3.63) is 28.7 Å². The lowest BCUT2D eigenvalue weighted by Crippen LogP contribution is -2.33. The summed E-state index contributed by atoms with van der Waals surface area (Å²) in [4.78, 5) is 14.1. The van der Waals surface area contributed by atoms with Crippen LogP contribution in [0.3, 0.4) is 0 Å². The van der Waals surface area contributed by atoms with Gasteiger partial charge in [-0.15, -0.1) is 0 Å². The van der Waals surface area contributed by atoms with Crippen LogP contribution in [0.25, 0.3) is 0 Å². The number of nitrogens with zero attached hydrogens (tertiary/aromatic N) is 2. The zero-order valence-corrected chi connectivity index (χ0v) is 11.0. The Balaban J connectivity index is 1.89. The number of anilines is 1. The second-order valence-corrected chi connectivity index (χ2v) is 5.10. The Morgan fingerprint density at radius 3 is 2.39 bits per heavy atom. The van der Waals surface area contributed by atoms with Gasteiger partial charge in [0.2, 0.25) is 0 Å². The molecule has 0 radical (unpaired) electrons. The fourth-order valence-electron chi connectivity index (χ4n) is 2.51. The van der Waals surface area contributed by atoms with E-state index in [9.17, 15) is 4.79 Å². The van der Waals surface area contributed by atoms with Crippen molar-refractivity contribution in [1.29, 1.82) is 0 Å². The molecule has 1 saturated heterocycles. The SMILES string of the molecule is Nc1ccc(=O)n(CCN2CCCCCCC2)c1. The molecule has 1 aliphatic rings. The van der Waals surface area contributed by atoms with Crippen molar-refractivity contribution in [2.24, 2.45) is 0 Å². The molecule has 0 bridgehead atoms. The number of aromatic nitrogens is 1. The van der Waals surface area contributed by atoms with Gasteiger partial charge in [-0.3, -0.25) is 4.79 Å². The van der Waals surface area contributed by atoms with Gasteiger partial charge in [0.15, 0.2) is 0 Å². The van der Waals surface area contributed by atoms with Crippen LogP contribution in [0, 0.1) is 0 Å². The fraction of sp³-hybridized carbons (Fsp3) is 0.643. The van der Waals surface area contributed by atoms with Crippen LogP contribution in [0.15, 0.2) is 23.1 Å². The molecule has 1 aromatic heterocycles. The van der Waals surface area contributed by atoms with E-state index < -0.39 is 0 Å². The third-order valence-electron chi connectivity index (χ3n) is 3.61. The van der Waals surface area contributed by atoms with E-state index in [-0.39, 0.29) is 5.56 Å². The molecule has 0 aliphatic carbocycles. The van der Waals surface area contributed by atoms with Gasteiger partial charge in [-0.1, -0.05) is 19.3 Å². The quantitative estimate of drug-likeness (QED) is 0.887. The highest BCUT2D eigenvalue weighted by molar-refractivity contribution is 5.33. The molecule has 0 unspecified atom stereocenters. The molecule has 2 rings (SSSR count). The van der Waals surface area contributed by atoms with Gasteiger partial charge < -0.3 is 15.2 Å². The molecule has 1 fully saturated rings. The summed E-state index contributed by atoms with van der Waals surface area (Å²) in [5, 5.41) is 0. The van der Waals surface area contributed by atoms with Crippen LogP contribution in [0.5, 0.6) is 0 Å². The summed E-state index contributed by atoms with van der Waals surface area (Å²) in [7, 11) is 0. The third kappa shape index (κ3) is 3.88. The highest BCUT2D eigenvalue weighted by Gasteiger charge is 2.08. The van der Waals surface area contributed by atoms with E-state index in [1.165, 1.54) is 32.1 Å². The van der Waals surface area contributed by atoms with Gasteiger partial charge >= 0.3 is 0 Å². The van der Waals surface area contributed by atoms with Crippen LogP contribution >= 0.6 is 0 Å². The average molecular weight is 249 g/mol. The van der Waals surface area contributed by atoms with Gasteiger partial charge in [-0.05, 0) is 32.0 Å². The molecule has 4 nitrogen and oxygen atoms in total. The number of rotatable bonds is 3. The smallest absolute Gasteiger partial charge is 0.250 e. The largest absolute Gasteiger partial charge is 0.398 e. The van der Waals surface area contributed by atoms with Crippen molar-refractivity contribution in [2.75, 3.05) is 25.4 Å². The number of likely N-dealkylation sites (tertiary alicyclic amines) is 1. The number of pyridine rings is 1. The molecule has 1 aliphatic heterocycles. The lowest BCUT2D eigenvalue weighted by Gasteiger charge is -2.24. The van der Waals surface area contributed by atoms with E-state index in [0.717, 1.165) is 26.2 Å². The van der Waals surface area contributed by atoms with Crippen molar-refractivity contribution < 1.29 is 0 Å². The van der Waals surface area contributed by atoms with Crippen LogP contribution in [0.2, 0.25) is 0 Å². The van der Waals surface area contributed by atoms with E-state index in [1.807, 2.05) is 0 Å². The molecule has 0 spiro atoms. The Kier molecular flexibility index (Phi) is 4.81. The van der Waals surface area contributed by atoms with E-state index in [2.05, 4.69) is 4.90 Å². The average Bonchev–Trinajstić information content (AvgIpc) is 2.32. The molecular weight excluding hydrogens is 226 g/mol. The maximum Gasteiger partial charge on any atom is 0.250 e. The number of hydrogen-bond acceptors (Lipinski definition) is 3. The standard InChI is InChI=1S/C14H23N3O/c15-13-6-7-14(18)17(12-13)11-10-16-8-4-2-1-3-5-9-16/h6-7,12H,1-5,8-11,15H2. The minimum absolute atomic E-state index is 0.0382. The molecule has 18 heavy (non-hydrogen) atoms. The minimum Gasteiger partial charge on any atom is -0.398 e. The first-order valence-electron chi connectivity index (χ1n) is 6.94. The van der Waals surface area contributed by atoms with Gasteiger partial charge in [-0.25, -0.2) is 0 Å². The Hall–Kier alpha value is -1.29. The Bertz CT molecular complexity index is 419. The summed E-state index contributed by atoms with van der Waals surface area (Å²) >= 11 is 0. The van der Waals surface area contributed by atoms with Crippen LogP contribution in [0.1, 0.15) is 32.1 Å². The van der Waals surface area contributed by atoms with Crippen molar-refractivity contribution in [1.82, 2.24) is 9.47 Å². The molecule has 1 aromatic rings. The highest BCUT2D eigenvalue weighted by Crippen LogP contribution is 2.10. The molecule has 2 N–H and O–H groups in total. The Labute approximate surface area is 108 Å². The summed E-state index contributed by atoms with van der Waals surface area (Å²) in [5.74, 6) is 0. The lowest BCUT2D eigenvalue weighted by molar-refractivity contribution is 0.238. The lowest BCUT2D eigenvalue weighted by atomic mass is 10.1. The fourth-order valence-corrected chi connectivity index (χ4v) is 2.51. The molecule has 0 amide bonds.